The van der Waals surface area contributed by atoms with Crippen LogP contribution in [0.1, 0.15) is 42.3 Å². The Morgan fingerprint density at radius 3 is 2.31 bits per heavy atom. The molecular formula is C25H27NO6. The maximum absolute atomic E-state index is 12.8. The lowest BCUT2D eigenvalue weighted by Gasteiger charge is -2.20. The van der Waals surface area contributed by atoms with E-state index in [0.717, 1.165) is 5.56 Å². The third kappa shape index (κ3) is 5.17. The first kappa shape index (κ1) is 23.1. The van der Waals surface area contributed by atoms with E-state index in [1.807, 2.05) is 12.1 Å². The highest BCUT2D eigenvalue weighted by molar-refractivity contribution is 5.97. The maximum Gasteiger partial charge on any atom is 0.336 e. The topological polar surface area (TPSA) is 94.8 Å². The molecule has 1 heterocycles. The predicted molar refractivity (Wildman–Crippen MR) is 121 cm³/mol. The summed E-state index contributed by atoms with van der Waals surface area (Å²) in [6.45, 7) is 6.27. The van der Waals surface area contributed by atoms with Crippen molar-refractivity contribution in [2.45, 2.75) is 38.6 Å². The van der Waals surface area contributed by atoms with E-state index in [2.05, 4.69) is 26.1 Å². The van der Waals surface area contributed by atoms with E-state index in [0.29, 0.717) is 27.8 Å². The molecular weight excluding hydrogens is 410 g/mol. The van der Waals surface area contributed by atoms with Crippen molar-refractivity contribution in [1.82, 2.24) is 5.32 Å². The molecule has 0 saturated carbocycles. The van der Waals surface area contributed by atoms with E-state index >= 15 is 0 Å². The number of nitrogens with one attached hydrogen (secondary N) is 1. The summed E-state index contributed by atoms with van der Waals surface area (Å²) in [5.41, 5.74) is 1.80. The second-order valence-corrected chi connectivity index (χ2v) is 8.53. The SMILES string of the molecule is COC(=O)[C@H](Cc1cc(=O)oc2cc(OC)ccc12)NC(=O)c1ccc(C(C)(C)C)cc1. The van der Waals surface area contributed by atoms with E-state index in [4.69, 9.17) is 13.9 Å². The Balaban J connectivity index is 1.89. The zero-order valence-electron chi connectivity index (χ0n) is 18.9. The number of methoxy groups -OCH3 is 2. The molecule has 0 aliphatic rings. The van der Waals surface area contributed by atoms with Gasteiger partial charge in [-0.3, -0.25) is 4.79 Å². The molecule has 32 heavy (non-hydrogen) atoms. The van der Waals surface area contributed by atoms with Crippen molar-refractivity contribution in [2.24, 2.45) is 0 Å². The van der Waals surface area contributed by atoms with Crippen LogP contribution in [0, 0.1) is 0 Å². The Bertz CT molecular complexity index is 1190. The van der Waals surface area contributed by atoms with Crippen LogP contribution in [0.5, 0.6) is 5.75 Å². The Labute approximate surface area is 186 Å². The minimum absolute atomic E-state index is 0.0400. The number of benzene rings is 2. The van der Waals surface area contributed by atoms with Crippen molar-refractivity contribution in [3.8, 4) is 5.75 Å². The van der Waals surface area contributed by atoms with E-state index in [9.17, 15) is 14.4 Å². The fourth-order valence-corrected chi connectivity index (χ4v) is 3.42. The molecule has 0 spiro atoms. The molecule has 3 rings (SSSR count). The quantitative estimate of drug-likeness (QED) is 0.468. The summed E-state index contributed by atoms with van der Waals surface area (Å²) in [5, 5.41) is 3.37. The molecule has 0 aliphatic heterocycles. The molecule has 1 amide bonds. The molecule has 1 aromatic heterocycles. The summed E-state index contributed by atoms with van der Waals surface area (Å²) in [5.74, 6) is -0.483. The number of rotatable bonds is 6. The van der Waals surface area contributed by atoms with Crippen LogP contribution in [0.25, 0.3) is 11.0 Å². The van der Waals surface area contributed by atoms with Crippen molar-refractivity contribution >= 4 is 22.8 Å². The third-order valence-corrected chi connectivity index (χ3v) is 5.27. The molecule has 0 aliphatic carbocycles. The Hall–Kier alpha value is -3.61. The molecule has 1 atom stereocenters. The van der Waals surface area contributed by atoms with Gasteiger partial charge in [-0.25, -0.2) is 9.59 Å². The lowest BCUT2D eigenvalue weighted by Crippen LogP contribution is -2.43. The van der Waals surface area contributed by atoms with Crippen molar-refractivity contribution in [3.05, 3.63) is 75.6 Å². The smallest absolute Gasteiger partial charge is 0.336 e. The van der Waals surface area contributed by atoms with Gasteiger partial charge in [-0.2, -0.15) is 0 Å². The Kier molecular flexibility index (Phi) is 6.67. The van der Waals surface area contributed by atoms with Crippen LogP contribution in [-0.4, -0.2) is 32.1 Å². The summed E-state index contributed by atoms with van der Waals surface area (Å²) < 4.78 is 15.3. The van der Waals surface area contributed by atoms with Gasteiger partial charge in [-0.05, 0) is 40.8 Å². The second kappa shape index (κ2) is 9.26. The number of fused-ring (bicyclic) bond motifs is 1. The van der Waals surface area contributed by atoms with Crippen molar-refractivity contribution in [3.63, 3.8) is 0 Å². The van der Waals surface area contributed by atoms with Crippen LogP contribution in [0.15, 0.2) is 57.7 Å². The maximum atomic E-state index is 12.8. The van der Waals surface area contributed by atoms with Crippen LogP contribution >= 0.6 is 0 Å². The predicted octanol–water partition coefficient (Wildman–Crippen LogP) is 3.61. The zero-order valence-corrected chi connectivity index (χ0v) is 18.9. The van der Waals surface area contributed by atoms with Crippen LogP contribution < -0.4 is 15.7 Å². The molecule has 168 valence electrons. The lowest BCUT2D eigenvalue weighted by molar-refractivity contribution is -0.142. The summed E-state index contributed by atoms with van der Waals surface area (Å²) in [6, 6.07) is 12.6. The molecule has 3 aromatic rings. The van der Waals surface area contributed by atoms with E-state index in [1.54, 1.807) is 30.3 Å². The first-order chi connectivity index (χ1) is 15.1. The summed E-state index contributed by atoms with van der Waals surface area (Å²) in [4.78, 5) is 37.3. The summed E-state index contributed by atoms with van der Waals surface area (Å²) >= 11 is 0. The van der Waals surface area contributed by atoms with Gasteiger partial charge in [0.15, 0.2) is 0 Å². The van der Waals surface area contributed by atoms with Crippen molar-refractivity contribution < 1.29 is 23.5 Å². The van der Waals surface area contributed by atoms with E-state index < -0.39 is 23.5 Å². The van der Waals surface area contributed by atoms with E-state index in [-0.39, 0.29) is 11.8 Å². The number of esters is 1. The van der Waals surface area contributed by atoms with Gasteiger partial charge >= 0.3 is 11.6 Å². The average molecular weight is 437 g/mol. The highest BCUT2D eigenvalue weighted by Gasteiger charge is 2.24. The van der Waals surface area contributed by atoms with Crippen LogP contribution in [-0.2, 0) is 21.4 Å². The number of hydrogen-bond donors (Lipinski definition) is 1. The summed E-state index contributed by atoms with van der Waals surface area (Å²) in [6.07, 6.45) is 0.0624. The molecule has 7 nitrogen and oxygen atoms in total. The van der Waals surface area contributed by atoms with Crippen LogP contribution in [0.4, 0.5) is 0 Å². The normalized spacial score (nSPS) is 12.3. The second-order valence-electron chi connectivity index (χ2n) is 8.53. The standard InChI is InChI=1S/C25H27NO6/c1-25(2,3)17-8-6-15(7-9-17)23(28)26-20(24(29)31-5)12-16-13-22(27)32-21-14-18(30-4)10-11-19(16)21/h6-11,13-14,20H,12H2,1-5H3,(H,26,28)/t20-/m0/s1. The molecule has 1 N–H and O–H groups in total. The van der Waals surface area contributed by atoms with Gasteiger partial charge in [0.05, 0.1) is 14.2 Å². The largest absolute Gasteiger partial charge is 0.497 e. The van der Waals surface area contributed by atoms with Gasteiger partial charge < -0.3 is 19.2 Å². The number of ether oxygens (including phenoxy) is 2. The summed E-state index contributed by atoms with van der Waals surface area (Å²) in [7, 11) is 2.77. The monoisotopic (exact) mass is 437 g/mol. The first-order valence-corrected chi connectivity index (χ1v) is 10.2. The molecule has 0 bridgehead atoms. The van der Waals surface area contributed by atoms with Crippen molar-refractivity contribution in [1.29, 1.82) is 0 Å². The Morgan fingerprint density at radius 2 is 1.72 bits per heavy atom. The molecule has 7 heteroatoms. The zero-order chi connectivity index (χ0) is 23.5. The molecule has 0 fully saturated rings. The third-order valence-electron chi connectivity index (χ3n) is 5.27. The Morgan fingerprint density at radius 1 is 1.03 bits per heavy atom. The van der Waals surface area contributed by atoms with Gasteiger partial charge in [0.1, 0.15) is 17.4 Å². The number of carbonyl (C=O) groups is 2. The molecule has 0 unspecified atom stereocenters. The molecule has 0 saturated heterocycles. The van der Waals surface area contributed by atoms with Gasteiger partial charge in [-0.15, -0.1) is 0 Å². The first-order valence-electron chi connectivity index (χ1n) is 10.2. The van der Waals surface area contributed by atoms with Gasteiger partial charge in [0.25, 0.3) is 5.91 Å². The number of carbonyl (C=O) groups excluding carboxylic acids is 2. The van der Waals surface area contributed by atoms with Gasteiger partial charge in [0.2, 0.25) is 0 Å². The van der Waals surface area contributed by atoms with Crippen LogP contribution in [0.2, 0.25) is 0 Å². The minimum atomic E-state index is -0.984. The number of hydrogen-bond acceptors (Lipinski definition) is 6. The molecule has 2 aromatic carbocycles. The number of amides is 1. The van der Waals surface area contributed by atoms with E-state index in [1.165, 1.54) is 20.3 Å². The highest BCUT2D eigenvalue weighted by Crippen LogP contribution is 2.24. The molecule has 0 radical (unpaired) electrons. The fraction of sp³-hybridized carbons (Fsp3) is 0.320. The van der Waals surface area contributed by atoms with Gasteiger partial charge in [-0.1, -0.05) is 32.9 Å². The van der Waals surface area contributed by atoms with Crippen LogP contribution in [0.3, 0.4) is 0 Å². The minimum Gasteiger partial charge on any atom is -0.497 e. The lowest BCUT2D eigenvalue weighted by atomic mass is 9.86. The highest BCUT2D eigenvalue weighted by atomic mass is 16.5. The average Bonchev–Trinajstić information content (AvgIpc) is 2.76. The van der Waals surface area contributed by atoms with Crippen molar-refractivity contribution in [2.75, 3.05) is 14.2 Å². The van der Waals surface area contributed by atoms with Gasteiger partial charge in [0, 0.05) is 29.5 Å². The fourth-order valence-electron chi connectivity index (χ4n) is 3.42.